The molecule has 0 unspecified atom stereocenters. The smallest absolute Gasteiger partial charge is 0.219 e. The largest absolute Gasteiger partial charge is 0.453 e. The summed E-state index contributed by atoms with van der Waals surface area (Å²) in [6.07, 6.45) is 0. The summed E-state index contributed by atoms with van der Waals surface area (Å²) in [7, 11) is 0. The van der Waals surface area contributed by atoms with Crippen LogP contribution in [-0.2, 0) is 0 Å². The minimum atomic E-state index is -0.729. The van der Waals surface area contributed by atoms with E-state index in [0.29, 0.717) is 10.6 Å². The van der Waals surface area contributed by atoms with Gasteiger partial charge in [0.05, 0.1) is 6.04 Å². The first kappa shape index (κ1) is 12.9. The topological polar surface area (TPSA) is 56.2 Å². The quantitative estimate of drug-likeness (QED) is 0.741. The molecule has 0 fully saturated rings. The number of carbonyl (C=O) groups is 1. The van der Waals surface area contributed by atoms with Crippen LogP contribution < -0.4 is 5.73 Å². The monoisotopic (exact) mass is 285 g/mol. The predicted octanol–water partition coefficient (Wildman–Crippen LogP) is 3.97. The summed E-state index contributed by atoms with van der Waals surface area (Å²) in [6.45, 7) is 0. The maximum absolute atomic E-state index is 12.3. The van der Waals surface area contributed by atoms with Crippen molar-refractivity contribution in [2.24, 2.45) is 5.73 Å². The zero-order chi connectivity index (χ0) is 14.1. The number of nitrogens with two attached hydrogens (primary N) is 1. The van der Waals surface area contributed by atoms with Crippen LogP contribution in [0.3, 0.4) is 0 Å². The second kappa shape index (κ2) is 5.12. The average Bonchev–Trinajstić information content (AvgIpc) is 2.89. The summed E-state index contributed by atoms with van der Waals surface area (Å²) in [5.74, 6) is 0.00198. The van der Waals surface area contributed by atoms with Gasteiger partial charge in [0.25, 0.3) is 0 Å². The molecule has 1 aromatic heterocycles. The molecule has 100 valence electrons. The molecule has 4 heteroatoms. The third-order valence-corrected chi connectivity index (χ3v) is 3.40. The third kappa shape index (κ3) is 2.33. The Morgan fingerprint density at radius 1 is 1.10 bits per heavy atom. The van der Waals surface area contributed by atoms with E-state index in [2.05, 4.69) is 0 Å². The molecular formula is C16H12ClNO2. The van der Waals surface area contributed by atoms with Crippen LogP contribution in [0.25, 0.3) is 11.0 Å². The van der Waals surface area contributed by atoms with E-state index in [1.54, 1.807) is 24.3 Å². The second-order valence-electron chi connectivity index (χ2n) is 4.55. The number of fused-ring (bicyclic) bond motifs is 1. The van der Waals surface area contributed by atoms with Crippen molar-refractivity contribution in [2.45, 2.75) is 6.04 Å². The van der Waals surface area contributed by atoms with Crippen LogP contribution in [0.2, 0.25) is 5.02 Å². The lowest BCUT2D eigenvalue weighted by Crippen LogP contribution is -2.20. The van der Waals surface area contributed by atoms with Crippen molar-refractivity contribution in [1.82, 2.24) is 0 Å². The molecule has 0 radical (unpaired) electrons. The minimum absolute atomic E-state index is 0.247. The first-order valence-electron chi connectivity index (χ1n) is 6.19. The number of Topliss-reactive ketones (excluding diaryl/α,β-unsaturated/α-hetero) is 1. The van der Waals surface area contributed by atoms with Crippen LogP contribution in [0, 0.1) is 0 Å². The van der Waals surface area contributed by atoms with Crippen LogP contribution >= 0.6 is 11.6 Å². The standard InChI is InChI=1S/C16H12ClNO2/c17-12-6-7-13-11(8-12)9-14(20-13)16(19)15(18)10-4-2-1-3-5-10/h1-9,15H,18H2/t15-/m1/s1. The van der Waals surface area contributed by atoms with E-state index >= 15 is 0 Å². The highest BCUT2D eigenvalue weighted by Crippen LogP contribution is 2.25. The van der Waals surface area contributed by atoms with Gasteiger partial charge in [0, 0.05) is 10.4 Å². The summed E-state index contributed by atoms with van der Waals surface area (Å²) >= 11 is 5.91. The molecule has 0 aliphatic carbocycles. The van der Waals surface area contributed by atoms with Gasteiger partial charge >= 0.3 is 0 Å². The van der Waals surface area contributed by atoms with Crippen molar-refractivity contribution in [2.75, 3.05) is 0 Å². The van der Waals surface area contributed by atoms with Gasteiger partial charge in [0.15, 0.2) is 5.76 Å². The number of furan rings is 1. The number of rotatable bonds is 3. The van der Waals surface area contributed by atoms with Crippen molar-refractivity contribution in [3.63, 3.8) is 0 Å². The van der Waals surface area contributed by atoms with Gasteiger partial charge in [-0.25, -0.2) is 0 Å². The van der Waals surface area contributed by atoms with Crippen LogP contribution in [0.15, 0.2) is 59.0 Å². The Balaban J connectivity index is 1.96. The van der Waals surface area contributed by atoms with Gasteiger partial charge in [-0.2, -0.15) is 0 Å². The molecule has 2 aromatic carbocycles. The molecule has 3 nitrogen and oxygen atoms in total. The van der Waals surface area contributed by atoms with E-state index < -0.39 is 6.04 Å². The molecule has 0 bridgehead atoms. The van der Waals surface area contributed by atoms with Crippen LogP contribution in [-0.4, -0.2) is 5.78 Å². The number of halogens is 1. The summed E-state index contributed by atoms with van der Waals surface area (Å²) in [5, 5.41) is 1.39. The number of hydrogen-bond acceptors (Lipinski definition) is 3. The molecule has 2 N–H and O–H groups in total. The predicted molar refractivity (Wildman–Crippen MR) is 78.9 cm³/mol. The Hall–Kier alpha value is -2.10. The zero-order valence-corrected chi connectivity index (χ0v) is 11.3. The van der Waals surface area contributed by atoms with E-state index in [1.165, 1.54) is 0 Å². The lowest BCUT2D eigenvalue weighted by atomic mass is 10.0. The summed E-state index contributed by atoms with van der Waals surface area (Å²) in [5.41, 5.74) is 7.37. The second-order valence-corrected chi connectivity index (χ2v) is 4.98. The fourth-order valence-corrected chi connectivity index (χ4v) is 2.28. The molecule has 0 saturated heterocycles. The summed E-state index contributed by atoms with van der Waals surface area (Å²) in [4.78, 5) is 12.3. The molecule has 1 heterocycles. The number of ketones is 1. The Labute approximate surface area is 120 Å². The molecule has 3 rings (SSSR count). The van der Waals surface area contributed by atoms with E-state index in [4.69, 9.17) is 21.8 Å². The summed E-state index contributed by atoms with van der Waals surface area (Å²) in [6, 6.07) is 15.4. The minimum Gasteiger partial charge on any atom is -0.453 e. The van der Waals surface area contributed by atoms with Crippen molar-refractivity contribution in [3.05, 3.63) is 70.9 Å². The first-order chi connectivity index (χ1) is 9.65. The van der Waals surface area contributed by atoms with Crippen molar-refractivity contribution in [1.29, 1.82) is 0 Å². The van der Waals surface area contributed by atoms with Crippen LogP contribution in [0.4, 0.5) is 0 Å². The van der Waals surface area contributed by atoms with Crippen LogP contribution in [0.1, 0.15) is 22.2 Å². The van der Waals surface area contributed by atoms with Gasteiger partial charge < -0.3 is 10.2 Å². The number of benzene rings is 2. The first-order valence-corrected chi connectivity index (χ1v) is 6.57. The van der Waals surface area contributed by atoms with Gasteiger partial charge in [0.2, 0.25) is 5.78 Å². The molecule has 0 aliphatic heterocycles. The maximum Gasteiger partial charge on any atom is 0.219 e. The van der Waals surface area contributed by atoms with Crippen LogP contribution in [0.5, 0.6) is 0 Å². The summed E-state index contributed by atoms with van der Waals surface area (Å²) < 4.78 is 5.54. The van der Waals surface area contributed by atoms with Gasteiger partial charge in [-0.1, -0.05) is 41.9 Å². The van der Waals surface area contributed by atoms with E-state index in [1.807, 2.05) is 30.3 Å². The van der Waals surface area contributed by atoms with Crippen molar-refractivity contribution >= 4 is 28.4 Å². The molecule has 3 aromatic rings. The molecule has 0 amide bonds. The number of carbonyl (C=O) groups excluding carboxylic acids is 1. The highest BCUT2D eigenvalue weighted by atomic mass is 35.5. The molecule has 0 saturated carbocycles. The Bertz CT molecular complexity index is 765. The maximum atomic E-state index is 12.3. The third-order valence-electron chi connectivity index (χ3n) is 3.16. The fourth-order valence-electron chi connectivity index (χ4n) is 2.10. The van der Waals surface area contributed by atoms with Crippen molar-refractivity contribution in [3.8, 4) is 0 Å². The Morgan fingerprint density at radius 2 is 1.85 bits per heavy atom. The SMILES string of the molecule is N[C@@H](C(=O)c1cc2cc(Cl)ccc2o1)c1ccccc1. The van der Waals surface area contributed by atoms with Gasteiger partial charge in [-0.3, -0.25) is 4.79 Å². The normalized spacial score (nSPS) is 12.5. The highest BCUT2D eigenvalue weighted by Gasteiger charge is 2.21. The number of hydrogen-bond donors (Lipinski definition) is 1. The van der Waals surface area contributed by atoms with Gasteiger partial charge in [-0.05, 0) is 29.8 Å². The molecular weight excluding hydrogens is 274 g/mol. The average molecular weight is 286 g/mol. The van der Waals surface area contributed by atoms with Crippen molar-refractivity contribution < 1.29 is 9.21 Å². The Morgan fingerprint density at radius 3 is 2.60 bits per heavy atom. The van der Waals surface area contributed by atoms with E-state index in [0.717, 1.165) is 10.9 Å². The lowest BCUT2D eigenvalue weighted by molar-refractivity contribution is 0.0936. The zero-order valence-electron chi connectivity index (χ0n) is 10.5. The van der Waals surface area contributed by atoms with Gasteiger partial charge in [-0.15, -0.1) is 0 Å². The Kier molecular flexibility index (Phi) is 3.30. The van der Waals surface area contributed by atoms with E-state index in [-0.39, 0.29) is 11.5 Å². The molecule has 1 atom stereocenters. The van der Waals surface area contributed by atoms with E-state index in [9.17, 15) is 4.79 Å². The van der Waals surface area contributed by atoms with Gasteiger partial charge in [0.1, 0.15) is 5.58 Å². The lowest BCUT2D eigenvalue weighted by Gasteiger charge is -2.08. The molecule has 0 aliphatic rings. The highest BCUT2D eigenvalue weighted by molar-refractivity contribution is 6.31. The fraction of sp³-hybridized carbons (Fsp3) is 0.0625. The molecule has 20 heavy (non-hydrogen) atoms. The molecule has 0 spiro atoms.